The number of aromatic nitrogens is 2. The average molecular weight is 212 g/mol. The maximum atomic E-state index is 11.0. The lowest BCUT2D eigenvalue weighted by molar-refractivity contribution is -0.113. The van der Waals surface area contributed by atoms with Crippen molar-refractivity contribution in [3.8, 4) is 0 Å². The summed E-state index contributed by atoms with van der Waals surface area (Å²) in [6, 6.07) is 5.19. The lowest BCUT2D eigenvalue weighted by Crippen LogP contribution is -2.12. The number of carbonyl (C=O) groups is 1. The van der Waals surface area contributed by atoms with Crippen LogP contribution in [0.1, 0.15) is 0 Å². The summed E-state index contributed by atoms with van der Waals surface area (Å²) in [4.78, 5) is 11.0. The van der Waals surface area contributed by atoms with Gasteiger partial charge in [0.25, 0.3) is 0 Å². The van der Waals surface area contributed by atoms with Crippen LogP contribution >= 0.6 is 11.6 Å². The Bertz CT molecular complexity index is 468. The molecule has 1 aromatic carbocycles. The minimum Gasteiger partial charge on any atom is -0.323 e. The summed E-state index contributed by atoms with van der Waals surface area (Å²) in [6.07, 6.45) is 0. The molecule has 14 heavy (non-hydrogen) atoms. The summed E-state index contributed by atoms with van der Waals surface area (Å²) in [5.41, 5.74) is 1.66. The topological polar surface area (TPSA) is 68.0 Å². The quantitative estimate of drug-likeness (QED) is 0.763. The highest BCUT2D eigenvalue weighted by atomic mass is 35.5. The molecule has 0 saturated heterocycles. The lowest BCUT2D eigenvalue weighted by atomic mass is 10.2. The molecule has 0 spiro atoms. The van der Waals surface area contributed by atoms with E-state index in [0.717, 1.165) is 0 Å². The summed E-state index contributed by atoms with van der Waals surface area (Å²) in [7, 11) is 0. The van der Waals surface area contributed by atoms with Crippen molar-refractivity contribution in [1.82, 2.24) is 10.3 Å². The molecule has 1 N–H and O–H groups in total. The van der Waals surface area contributed by atoms with Crippen LogP contribution in [0.3, 0.4) is 0 Å². The molecular weight excluding hydrogens is 206 g/mol. The van der Waals surface area contributed by atoms with Gasteiger partial charge in [-0.2, -0.15) is 0 Å². The first-order chi connectivity index (χ1) is 6.81. The van der Waals surface area contributed by atoms with E-state index >= 15 is 0 Å². The number of hydrogen-bond acceptors (Lipinski definition) is 4. The smallest absolute Gasteiger partial charge is 0.239 e. The zero-order chi connectivity index (χ0) is 9.97. The zero-order valence-electron chi connectivity index (χ0n) is 7.03. The van der Waals surface area contributed by atoms with Gasteiger partial charge in [0.1, 0.15) is 11.4 Å². The fourth-order valence-corrected chi connectivity index (χ4v) is 1.16. The van der Waals surface area contributed by atoms with Gasteiger partial charge in [-0.15, -0.1) is 11.6 Å². The first kappa shape index (κ1) is 8.96. The molecule has 0 aliphatic rings. The predicted octanol–water partition coefficient (Wildman–Crippen LogP) is 1.40. The molecule has 0 fully saturated rings. The Balaban J connectivity index is 2.41. The molecule has 6 heteroatoms. The zero-order valence-corrected chi connectivity index (χ0v) is 7.78. The number of nitrogens with one attached hydrogen (secondary N) is 1. The Morgan fingerprint density at radius 1 is 1.50 bits per heavy atom. The molecule has 0 aliphatic carbocycles. The van der Waals surface area contributed by atoms with Crippen LogP contribution in [-0.4, -0.2) is 22.1 Å². The van der Waals surface area contributed by atoms with Crippen LogP contribution in [0.25, 0.3) is 11.0 Å². The Labute approximate surface area is 84.0 Å². The number of hydrogen-bond donors (Lipinski definition) is 1. The van der Waals surface area contributed by atoms with Crippen molar-refractivity contribution in [3.63, 3.8) is 0 Å². The molecule has 72 valence electrons. The second-order valence-corrected chi connectivity index (χ2v) is 2.89. The van der Waals surface area contributed by atoms with E-state index in [9.17, 15) is 4.79 Å². The second kappa shape index (κ2) is 3.63. The van der Waals surface area contributed by atoms with Crippen LogP contribution in [0.5, 0.6) is 0 Å². The molecule has 0 aliphatic heterocycles. The van der Waals surface area contributed by atoms with Gasteiger partial charge < -0.3 is 5.32 Å². The summed E-state index contributed by atoms with van der Waals surface area (Å²) in [5, 5.41) is 9.89. The van der Waals surface area contributed by atoms with Gasteiger partial charge in [0.05, 0.1) is 5.69 Å². The highest BCUT2D eigenvalue weighted by Gasteiger charge is 2.07. The number of nitrogens with zero attached hydrogens (tertiary/aromatic N) is 2. The molecule has 0 saturated carbocycles. The highest BCUT2D eigenvalue weighted by Crippen LogP contribution is 2.19. The van der Waals surface area contributed by atoms with E-state index in [-0.39, 0.29) is 11.8 Å². The third kappa shape index (κ3) is 1.54. The average Bonchev–Trinajstić information content (AvgIpc) is 2.66. The van der Waals surface area contributed by atoms with Crippen molar-refractivity contribution in [2.45, 2.75) is 0 Å². The maximum Gasteiger partial charge on any atom is 0.239 e. The van der Waals surface area contributed by atoms with Gasteiger partial charge in [-0.25, -0.2) is 4.63 Å². The fourth-order valence-electron chi connectivity index (χ4n) is 1.09. The van der Waals surface area contributed by atoms with Crippen LogP contribution in [0.15, 0.2) is 22.8 Å². The molecule has 0 atom stereocenters. The first-order valence-electron chi connectivity index (χ1n) is 3.88. The summed E-state index contributed by atoms with van der Waals surface area (Å²) >= 11 is 5.36. The molecule has 0 radical (unpaired) electrons. The van der Waals surface area contributed by atoms with Crippen LogP contribution in [0, 0.1) is 0 Å². The molecule has 1 heterocycles. The van der Waals surface area contributed by atoms with E-state index in [2.05, 4.69) is 20.3 Å². The van der Waals surface area contributed by atoms with Gasteiger partial charge in [-0.05, 0) is 22.4 Å². The number of amides is 1. The maximum absolute atomic E-state index is 11.0. The number of carbonyl (C=O) groups excluding carboxylic acids is 1. The van der Waals surface area contributed by atoms with Gasteiger partial charge in [-0.3, -0.25) is 4.79 Å². The van der Waals surface area contributed by atoms with Crippen molar-refractivity contribution in [2.24, 2.45) is 0 Å². The first-order valence-corrected chi connectivity index (χ1v) is 4.42. The number of anilines is 1. The second-order valence-electron chi connectivity index (χ2n) is 2.62. The van der Waals surface area contributed by atoms with Crippen LogP contribution in [-0.2, 0) is 4.79 Å². The van der Waals surface area contributed by atoms with Gasteiger partial charge >= 0.3 is 0 Å². The lowest BCUT2D eigenvalue weighted by Gasteiger charge is -2.01. The Morgan fingerprint density at radius 2 is 2.36 bits per heavy atom. The molecular formula is C8H6ClN3O2. The number of alkyl halides is 1. The summed E-state index contributed by atoms with van der Waals surface area (Å²) in [6.45, 7) is 0. The van der Waals surface area contributed by atoms with Gasteiger partial charge in [0.15, 0.2) is 5.52 Å². The third-order valence-corrected chi connectivity index (χ3v) is 1.92. The van der Waals surface area contributed by atoms with Gasteiger partial charge in [0.2, 0.25) is 5.91 Å². The van der Waals surface area contributed by atoms with Gasteiger partial charge in [0, 0.05) is 0 Å². The Hall–Kier alpha value is -1.62. The fraction of sp³-hybridized carbons (Fsp3) is 0.125. The van der Waals surface area contributed by atoms with E-state index in [0.29, 0.717) is 16.7 Å². The van der Waals surface area contributed by atoms with E-state index in [1.54, 1.807) is 18.2 Å². The van der Waals surface area contributed by atoms with Gasteiger partial charge in [-0.1, -0.05) is 6.07 Å². The number of benzene rings is 1. The molecule has 2 aromatic rings. The molecule has 1 amide bonds. The van der Waals surface area contributed by atoms with Crippen molar-refractivity contribution < 1.29 is 9.42 Å². The minimum absolute atomic E-state index is 0.0956. The van der Waals surface area contributed by atoms with E-state index in [1.165, 1.54) is 0 Å². The van der Waals surface area contributed by atoms with Crippen LogP contribution in [0.2, 0.25) is 0 Å². The summed E-state index contributed by atoms with van der Waals surface area (Å²) < 4.78 is 4.54. The molecule has 1 aromatic heterocycles. The number of fused-ring (bicyclic) bond motifs is 1. The SMILES string of the molecule is O=C(CCl)Nc1cccc2nonc12. The Kier molecular flexibility index (Phi) is 2.32. The number of halogens is 1. The Morgan fingerprint density at radius 3 is 3.14 bits per heavy atom. The molecule has 5 nitrogen and oxygen atoms in total. The monoisotopic (exact) mass is 211 g/mol. The van der Waals surface area contributed by atoms with E-state index < -0.39 is 0 Å². The third-order valence-electron chi connectivity index (χ3n) is 1.68. The summed E-state index contributed by atoms with van der Waals surface area (Å²) in [5.74, 6) is -0.385. The van der Waals surface area contributed by atoms with Crippen molar-refractivity contribution in [3.05, 3.63) is 18.2 Å². The van der Waals surface area contributed by atoms with E-state index in [4.69, 9.17) is 11.6 Å². The molecule has 2 rings (SSSR count). The molecule has 0 unspecified atom stereocenters. The normalized spacial score (nSPS) is 10.4. The highest BCUT2D eigenvalue weighted by molar-refractivity contribution is 6.29. The largest absolute Gasteiger partial charge is 0.323 e. The van der Waals surface area contributed by atoms with Crippen LogP contribution in [0.4, 0.5) is 5.69 Å². The standard InChI is InChI=1S/C8H6ClN3O2/c9-4-7(13)10-5-2-1-3-6-8(5)12-14-11-6/h1-3H,4H2,(H,10,13). The van der Waals surface area contributed by atoms with Crippen molar-refractivity contribution in [2.75, 3.05) is 11.2 Å². The van der Waals surface area contributed by atoms with Crippen LogP contribution < -0.4 is 5.32 Å². The molecule has 0 bridgehead atoms. The van der Waals surface area contributed by atoms with Crippen molar-refractivity contribution in [1.29, 1.82) is 0 Å². The minimum atomic E-state index is -0.290. The van der Waals surface area contributed by atoms with Crippen molar-refractivity contribution >= 4 is 34.2 Å². The predicted molar refractivity (Wildman–Crippen MR) is 51.2 cm³/mol. The number of rotatable bonds is 2. The van der Waals surface area contributed by atoms with E-state index in [1.807, 2.05) is 0 Å².